The lowest BCUT2D eigenvalue weighted by Gasteiger charge is -2.31. The lowest BCUT2D eigenvalue weighted by Crippen LogP contribution is -2.35. The van der Waals surface area contributed by atoms with Crippen LogP contribution in [0.4, 0.5) is 0 Å². The Kier molecular flexibility index (Phi) is 10.0. The first-order chi connectivity index (χ1) is 16.5. The maximum atomic E-state index is 12.3. The topological polar surface area (TPSA) is 93.1 Å². The first-order valence-corrected chi connectivity index (χ1v) is 11.9. The molecule has 0 aliphatic carbocycles. The van der Waals surface area contributed by atoms with E-state index in [0.29, 0.717) is 37.1 Å². The average molecular weight is 484 g/mol. The molecule has 0 heterocycles. The monoisotopic (exact) mass is 483 g/mol. The Morgan fingerprint density at radius 2 is 1.57 bits per heavy atom. The molecule has 190 valence electrons. The number of rotatable bonds is 13. The minimum atomic E-state index is -1.05. The Bertz CT molecular complexity index is 986. The molecule has 2 rings (SSSR count). The molecule has 7 heteroatoms. The fourth-order valence-corrected chi connectivity index (χ4v) is 4.15. The third-order valence-electron chi connectivity index (χ3n) is 6.15. The summed E-state index contributed by atoms with van der Waals surface area (Å²) < 4.78 is 4.97. The molecule has 0 saturated heterocycles. The van der Waals surface area contributed by atoms with Gasteiger partial charge in [-0.15, -0.1) is 5.06 Å². The number of carboxylic acid groups (broad SMARTS) is 1. The van der Waals surface area contributed by atoms with Crippen LogP contribution in [0, 0.1) is 5.41 Å². The second-order valence-corrected chi connectivity index (χ2v) is 9.86. The Labute approximate surface area is 208 Å². The standard InChI is InChI=1S/C28H37NO6/c1-6-34-24(30)19-21-13-15-23(16-14-21)28(4,26(32)33)18-10-17-27(2,3)20-29(5)35-25(31)22-11-8-7-9-12-22/h7-9,11-16H,6,10,17-20H2,1-5H3,(H,32,33). The van der Waals surface area contributed by atoms with Crippen molar-refractivity contribution in [1.29, 1.82) is 0 Å². The first-order valence-electron chi connectivity index (χ1n) is 11.9. The van der Waals surface area contributed by atoms with Crippen molar-refractivity contribution in [1.82, 2.24) is 5.06 Å². The highest BCUT2D eigenvalue weighted by Gasteiger charge is 2.35. The van der Waals surface area contributed by atoms with E-state index in [1.165, 1.54) is 5.06 Å². The number of hydroxylamine groups is 2. The van der Waals surface area contributed by atoms with E-state index in [1.807, 2.05) is 6.07 Å². The van der Waals surface area contributed by atoms with Gasteiger partial charge in [0.1, 0.15) is 0 Å². The number of ether oxygens (including phenoxy) is 1. The maximum absolute atomic E-state index is 12.3. The number of hydrogen-bond acceptors (Lipinski definition) is 6. The predicted octanol–water partition coefficient (Wildman–Crippen LogP) is 5.03. The molecule has 0 saturated carbocycles. The van der Waals surface area contributed by atoms with E-state index in [4.69, 9.17) is 9.57 Å². The largest absolute Gasteiger partial charge is 0.481 e. The molecule has 2 aromatic rings. The summed E-state index contributed by atoms with van der Waals surface area (Å²) in [5.74, 6) is -1.60. The van der Waals surface area contributed by atoms with Crippen LogP contribution in [0.25, 0.3) is 0 Å². The van der Waals surface area contributed by atoms with E-state index in [0.717, 1.165) is 12.0 Å². The summed E-state index contributed by atoms with van der Waals surface area (Å²) in [7, 11) is 1.72. The molecule has 0 bridgehead atoms. The summed E-state index contributed by atoms with van der Waals surface area (Å²) >= 11 is 0. The van der Waals surface area contributed by atoms with Crippen molar-refractivity contribution in [2.75, 3.05) is 20.2 Å². The normalized spacial score (nSPS) is 13.2. The number of benzene rings is 2. The molecule has 7 nitrogen and oxygen atoms in total. The van der Waals surface area contributed by atoms with Crippen molar-refractivity contribution in [2.45, 2.75) is 58.8 Å². The fraction of sp³-hybridized carbons (Fsp3) is 0.464. The van der Waals surface area contributed by atoms with Gasteiger partial charge in [0.2, 0.25) is 0 Å². The molecule has 0 aliphatic heterocycles. The molecule has 2 aromatic carbocycles. The quantitative estimate of drug-likeness (QED) is 0.315. The van der Waals surface area contributed by atoms with Crippen LogP contribution in [-0.4, -0.2) is 48.3 Å². The van der Waals surface area contributed by atoms with Crippen LogP contribution in [0.5, 0.6) is 0 Å². The van der Waals surface area contributed by atoms with Gasteiger partial charge < -0.3 is 14.7 Å². The molecule has 0 aliphatic rings. The highest BCUT2D eigenvalue weighted by Crippen LogP contribution is 2.33. The molecule has 0 radical (unpaired) electrons. The summed E-state index contributed by atoms with van der Waals surface area (Å²) in [5, 5.41) is 11.5. The van der Waals surface area contributed by atoms with Crippen LogP contribution in [0.2, 0.25) is 0 Å². The smallest absolute Gasteiger partial charge is 0.357 e. The molecule has 0 amide bonds. The van der Waals surface area contributed by atoms with Crippen LogP contribution in [0.3, 0.4) is 0 Å². The second kappa shape index (κ2) is 12.5. The van der Waals surface area contributed by atoms with Gasteiger partial charge in [-0.3, -0.25) is 9.59 Å². The van der Waals surface area contributed by atoms with Gasteiger partial charge >= 0.3 is 17.9 Å². The minimum Gasteiger partial charge on any atom is -0.481 e. The zero-order valence-corrected chi connectivity index (χ0v) is 21.4. The van der Waals surface area contributed by atoms with Crippen molar-refractivity contribution < 1.29 is 29.1 Å². The van der Waals surface area contributed by atoms with Gasteiger partial charge in [0.15, 0.2) is 0 Å². The van der Waals surface area contributed by atoms with Crippen molar-refractivity contribution in [3.63, 3.8) is 0 Å². The van der Waals surface area contributed by atoms with Crippen molar-refractivity contribution >= 4 is 17.9 Å². The Hall–Kier alpha value is -3.19. The molecular formula is C28H37NO6. The zero-order chi connectivity index (χ0) is 26.1. The molecule has 0 fully saturated rings. The van der Waals surface area contributed by atoms with Gasteiger partial charge in [0, 0.05) is 13.6 Å². The number of carbonyl (C=O) groups is 3. The number of esters is 1. The van der Waals surface area contributed by atoms with Crippen LogP contribution < -0.4 is 0 Å². The van der Waals surface area contributed by atoms with Gasteiger partial charge in [-0.2, -0.15) is 0 Å². The van der Waals surface area contributed by atoms with Crippen molar-refractivity contribution in [2.24, 2.45) is 5.41 Å². The minimum absolute atomic E-state index is 0.161. The highest BCUT2D eigenvalue weighted by atomic mass is 16.7. The Morgan fingerprint density at radius 1 is 0.943 bits per heavy atom. The van der Waals surface area contributed by atoms with E-state index in [-0.39, 0.29) is 17.8 Å². The highest BCUT2D eigenvalue weighted by molar-refractivity contribution is 5.89. The van der Waals surface area contributed by atoms with E-state index in [2.05, 4.69) is 13.8 Å². The van der Waals surface area contributed by atoms with Crippen molar-refractivity contribution in [3.05, 3.63) is 71.3 Å². The van der Waals surface area contributed by atoms with Crippen LogP contribution in [0.1, 0.15) is 68.4 Å². The molecule has 0 aromatic heterocycles. The summed E-state index contributed by atoms with van der Waals surface area (Å²) in [4.78, 5) is 41.6. The van der Waals surface area contributed by atoms with Crippen LogP contribution in [-0.2, 0) is 31.0 Å². The number of carboxylic acids is 1. The van der Waals surface area contributed by atoms with Crippen molar-refractivity contribution in [3.8, 4) is 0 Å². The van der Waals surface area contributed by atoms with Gasteiger partial charge in [-0.25, -0.2) is 4.79 Å². The summed E-state index contributed by atoms with van der Waals surface area (Å²) in [6.45, 7) is 8.48. The SMILES string of the molecule is CCOC(=O)Cc1ccc(C(C)(CCCC(C)(C)CN(C)OC(=O)c2ccccc2)C(=O)O)cc1. The maximum Gasteiger partial charge on any atom is 0.357 e. The van der Waals surface area contributed by atoms with Crippen LogP contribution in [0.15, 0.2) is 54.6 Å². The van der Waals surface area contributed by atoms with Gasteiger partial charge in [-0.05, 0) is 55.4 Å². The number of nitrogens with zero attached hydrogens (tertiary/aromatic N) is 1. The van der Waals surface area contributed by atoms with E-state index in [9.17, 15) is 19.5 Å². The van der Waals surface area contributed by atoms with E-state index >= 15 is 0 Å². The molecule has 1 unspecified atom stereocenters. The predicted molar refractivity (Wildman–Crippen MR) is 134 cm³/mol. The first kappa shape index (κ1) is 28.1. The summed E-state index contributed by atoms with van der Waals surface area (Å²) in [6.07, 6.45) is 2.05. The second-order valence-electron chi connectivity index (χ2n) is 9.86. The molecular weight excluding hydrogens is 446 g/mol. The van der Waals surface area contributed by atoms with Gasteiger partial charge in [0.05, 0.1) is 24.0 Å². The van der Waals surface area contributed by atoms with E-state index < -0.39 is 17.4 Å². The Balaban J connectivity index is 1.94. The van der Waals surface area contributed by atoms with Gasteiger partial charge in [-0.1, -0.05) is 62.7 Å². The summed E-state index contributed by atoms with van der Waals surface area (Å²) in [6, 6.07) is 16.0. The Morgan fingerprint density at radius 3 is 2.14 bits per heavy atom. The zero-order valence-electron chi connectivity index (χ0n) is 21.4. The lowest BCUT2D eigenvalue weighted by molar-refractivity contribution is -0.144. The summed E-state index contributed by atoms with van der Waals surface area (Å²) in [5.41, 5.74) is 0.722. The third-order valence-corrected chi connectivity index (χ3v) is 6.15. The number of hydrogen-bond donors (Lipinski definition) is 1. The van der Waals surface area contributed by atoms with Gasteiger partial charge in [0.25, 0.3) is 0 Å². The van der Waals surface area contributed by atoms with E-state index in [1.54, 1.807) is 69.4 Å². The average Bonchev–Trinajstić information content (AvgIpc) is 2.79. The van der Waals surface area contributed by atoms with Crippen LogP contribution >= 0.6 is 0 Å². The molecule has 35 heavy (non-hydrogen) atoms. The molecule has 0 spiro atoms. The molecule has 1 atom stereocenters. The lowest BCUT2D eigenvalue weighted by atomic mass is 9.76. The molecule has 1 N–H and O–H groups in total. The number of aliphatic carboxylic acids is 1. The third kappa shape index (κ3) is 8.51. The number of carbonyl (C=O) groups excluding carboxylic acids is 2. The fourth-order valence-electron chi connectivity index (χ4n) is 4.15.